The van der Waals surface area contributed by atoms with Crippen molar-refractivity contribution in [3.8, 4) is 5.75 Å². The molecule has 6 nitrogen and oxygen atoms in total. The van der Waals surface area contributed by atoms with Crippen molar-refractivity contribution >= 4 is 28.2 Å². The molecule has 0 fully saturated rings. The van der Waals surface area contributed by atoms with Crippen LogP contribution in [0.3, 0.4) is 0 Å². The second kappa shape index (κ2) is 6.15. The van der Waals surface area contributed by atoms with Crippen LogP contribution >= 0.6 is 11.3 Å². The van der Waals surface area contributed by atoms with Crippen LogP contribution in [-0.4, -0.2) is 27.1 Å². The van der Waals surface area contributed by atoms with Crippen molar-refractivity contribution < 1.29 is 9.53 Å². The molecule has 0 atom stereocenters. The Labute approximate surface area is 131 Å². The first kappa shape index (κ1) is 14.5. The van der Waals surface area contributed by atoms with Crippen molar-refractivity contribution in [2.45, 2.75) is 20.3 Å². The van der Waals surface area contributed by atoms with E-state index in [1.54, 1.807) is 15.9 Å². The Morgan fingerprint density at radius 1 is 1.32 bits per heavy atom. The molecule has 3 rings (SSSR count). The molecule has 0 unspecified atom stereocenters. The molecule has 0 radical (unpaired) electrons. The van der Waals surface area contributed by atoms with Gasteiger partial charge in [0.15, 0.2) is 0 Å². The van der Waals surface area contributed by atoms with Crippen molar-refractivity contribution in [1.29, 1.82) is 0 Å². The smallest absolute Gasteiger partial charge is 0.250 e. The molecule has 2 heterocycles. The molecule has 0 aliphatic carbocycles. The number of nitrogens with zero attached hydrogens (tertiary/aromatic N) is 3. The number of fused-ring (bicyclic) bond motifs is 1. The fourth-order valence-electron chi connectivity index (χ4n) is 1.96. The van der Waals surface area contributed by atoms with Crippen LogP contribution in [0.25, 0.3) is 4.96 Å². The largest absolute Gasteiger partial charge is 0.493 e. The van der Waals surface area contributed by atoms with Crippen molar-refractivity contribution in [2.24, 2.45) is 0 Å². The summed E-state index contributed by atoms with van der Waals surface area (Å²) in [6.45, 7) is 4.32. The highest BCUT2D eigenvalue weighted by molar-refractivity contribution is 7.17. The number of carbonyl (C=O) groups is 1. The highest BCUT2D eigenvalue weighted by Crippen LogP contribution is 2.21. The third-order valence-corrected chi connectivity index (χ3v) is 4.29. The number of thiazole rings is 1. The van der Waals surface area contributed by atoms with Gasteiger partial charge >= 0.3 is 0 Å². The van der Waals surface area contributed by atoms with Crippen LogP contribution in [0.15, 0.2) is 30.3 Å². The first-order chi connectivity index (χ1) is 10.6. The summed E-state index contributed by atoms with van der Waals surface area (Å²) in [5.41, 5.74) is 1.04. The van der Waals surface area contributed by atoms with E-state index in [9.17, 15) is 4.79 Å². The summed E-state index contributed by atoms with van der Waals surface area (Å²) in [7, 11) is 0. The number of para-hydroxylation sites is 1. The molecule has 0 aliphatic heterocycles. The number of rotatable bonds is 5. The highest BCUT2D eigenvalue weighted by Gasteiger charge is 2.12. The van der Waals surface area contributed by atoms with Gasteiger partial charge in [-0.1, -0.05) is 29.5 Å². The minimum atomic E-state index is -0.163. The zero-order chi connectivity index (χ0) is 15.5. The van der Waals surface area contributed by atoms with Gasteiger partial charge in [-0.25, -0.2) is 4.52 Å². The molecular weight excluding hydrogens is 300 g/mol. The Bertz CT molecular complexity index is 795. The van der Waals surface area contributed by atoms with Crippen LogP contribution in [0.4, 0.5) is 5.95 Å². The van der Waals surface area contributed by atoms with E-state index in [1.807, 2.05) is 44.2 Å². The van der Waals surface area contributed by atoms with Crippen molar-refractivity contribution in [3.05, 3.63) is 40.9 Å². The van der Waals surface area contributed by atoms with Crippen LogP contribution in [-0.2, 0) is 4.79 Å². The van der Waals surface area contributed by atoms with Gasteiger partial charge in [0.05, 0.1) is 18.7 Å². The van der Waals surface area contributed by atoms with E-state index in [1.165, 1.54) is 4.88 Å². The molecule has 1 aromatic carbocycles. The van der Waals surface area contributed by atoms with Crippen molar-refractivity contribution in [3.63, 3.8) is 0 Å². The van der Waals surface area contributed by atoms with Gasteiger partial charge in [0.1, 0.15) is 5.75 Å². The number of aromatic nitrogens is 3. The van der Waals surface area contributed by atoms with Crippen LogP contribution in [0.5, 0.6) is 5.75 Å². The lowest BCUT2D eigenvalue weighted by Gasteiger charge is -2.05. The van der Waals surface area contributed by atoms with Gasteiger partial charge in [0.25, 0.3) is 0 Å². The van der Waals surface area contributed by atoms with E-state index < -0.39 is 0 Å². The summed E-state index contributed by atoms with van der Waals surface area (Å²) < 4.78 is 7.23. The van der Waals surface area contributed by atoms with Crippen LogP contribution in [0.2, 0.25) is 0 Å². The molecule has 2 aromatic heterocycles. The Morgan fingerprint density at radius 2 is 2.09 bits per heavy atom. The normalized spacial score (nSPS) is 10.8. The van der Waals surface area contributed by atoms with Crippen molar-refractivity contribution in [2.75, 3.05) is 11.9 Å². The molecule has 7 heteroatoms. The molecule has 0 aliphatic rings. The number of amides is 1. The maximum Gasteiger partial charge on any atom is 0.250 e. The Balaban J connectivity index is 1.54. The first-order valence-electron chi connectivity index (χ1n) is 6.94. The summed E-state index contributed by atoms with van der Waals surface area (Å²) in [5, 5.41) is 6.98. The first-order valence-corrected chi connectivity index (χ1v) is 7.75. The topological polar surface area (TPSA) is 68.5 Å². The number of carbonyl (C=O) groups excluding carboxylic acids is 1. The van der Waals surface area contributed by atoms with E-state index in [-0.39, 0.29) is 12.3 Å². The highest BCUT2D eigenvalue weighted by atomic mass is 32.1. The van der Waals surface area contributed by atoms with E-state index in [2.05, 4.69) is 15.4 Å². The molecule has 1 amide bonds. The second-order valence-corrected chi connectivity index (χ2v) is 6.01. The Hall–Kier alpha value is -2.41. The molecule has 0 saturated heterocycles. The lowest BCUT2D eigenvalue weighted by molar-refractivity contribution is -0.116. The molecule has 0 bridgehead atoms. The molecule has 3 aromatic rings. The van der Waals surface area contributed by atoms with Crippen LogP contribution in [0.1, 0.15) is 17.0 Å². The average molecular weight is 316 g/mol. The third-order valence-electron chi connectivity index (χ3n) is 3.24. The van der Waals surface area contributed by atoms with Gasteiger partial charge in [0, 0.05) is 4.88 Å². The number of aryl methyl sites for hydroxylation is 2. The van der Waals surface area contributed by atoms with Gasteiger partial charge in [-0.05, 0) is 26.0 Å². The van der Waals surface area contributed by atoms with Gasteiger partial charge in [0.2, 0.25) is 16.8 Å². The average Bonchev–Trinajstić information content (AvgIpc) is 3.00. The van der Waals surface area contributed by atoms with E-state index in [0.717, 1.165) is 16.4 Å². The van der Waals surface area contributed by atoms with Crippen LogP contribution < -0.4 is 10.1 Å². The van der Waals surface area contributed by atoms with Gasteiger partial charge in [-0.15, -0.1) is 5.10 Å². The maximum atomic E-state index is 11.9. The number of anilines is 1. The molecule has 114 valence electrons. The number of benzene rings is 1. The summed E-state index contributed by atoms with van der Waals surface area (Å²) in [6, 6.07) is 9.41. The zero-order valence-electron chi connectivity index (χ0n) is 12.4. The third kappa shape index (κ3) is 3.09. The molecule has 0 spiro atoms. The molecule has 1 N–H and O–H groups in total. The van der Waals surface area contributed by atoms with E-state index in [0.29, 0.717) is 12.6 Å². The minimum absolute atomic E-state index is 0.163. The van der Waals surface area contributed by atoms with E-state index in [4.69, 9.17) is 4.74 Å². The van der Waals surface area contributed by atoms with Gasteiger partial charge in [-0.3, -0.25) is 10.1 Å². The fraction of sp³-hybridized carbons (Fsp3) is 0.267. The Kier molecular flexibility index (Phi) is 4.06. The number of nitrogens with one attached hydrogen (secondary N) is 1. The maximum absolute atomic E-state index is 11.9. The minimum Gasteiger partial charge on any atom is -0.493 e. The van der Waals surface area contributed by atoms with E-state index >= 15 is 0 Å². The zero-order valence-corrected chi connectivity index (χ0v) is 13.2. The standard InChI is InChI=1S/C15H16N4O2S/c1-10-11(2)22-15-17-14(18-19(10)15)16-13(20)8-9-21-12-6-4-3-5-7-12/h3-7H,8-9H2,1-2H3,(H,16,18,20). The lowest BCUT2D eigenvalue weighted by atomic mass is 10.3. The van der Waals surface area contributed by atoms with Crippen molar-refractivity contribution in [1.82, 2.24) is 14.6 Å². The SMILES string of the molecule is Cc1sc2nc(NC(=O)CCOc3ccccc3)nn2c1C. The molecule has 22 heavy (non-hydrogen) atoms. The van der Waals surface area contributed by atoms with Crippen LogP contribution in [0, 0.1) is 13.8 Å². The predicted octanol–water partition coefficient (Wildman–Crippen LogP) is 2.82. The van der Waals surface area contributed by atoms with Gasteiger partial charge < -0.3 is 4.74 Å². The summed E-state index contributed by atoms with van der Waals surface area (Å²) in [5.74, 6) is 0.921. The van der Waals surface area contributed by atoms with Gasteiger partial charge in [-0.2, -0.15) is 4.98 Å². The number of hydrogen-bond donors (Lipinski definition) is 1. The summed E-state index contributed by atoms with van der Waals surface area (Å²) in [4.78, 5) is 18.1. The number of hydrogen-bond acceptors (Lipinski definition) is 5. The summed E-state index contributed by atoms with van der Waals surface area (Å²) in [6.07, 6.45) is 0.250. The quantitative estimate of drug-likeness (QED) is 0.786. The summed E-state index contributed by atoms with van der Waals surface area (Å²) >= 11 is 1.56. The fourth-order valence-corrected chi connectivity index (χ4v) is 2.87. The Morgan fingerprint density at radius 3 is 2.82 bits per heavy atom. The predicted molar refractivity (Wildman–Crippen MR) is 85.5 cm³/mol. The lowest BCUT2D eigenvalue weighted by Crippen LogP contribution is -2.16. The number of ether oxygens (including phenoxy) is 1. The second-order valence-electron chi connectivity index (χ2n) is 4.83. The molecular formula is C15H16N4O2S. The molecule has 0 saturated carbocycles. The monoisotopic (exact) mass is 316 g/mol.